The lowest BCUT2D eigenvalue weighted by Crippen LogP contribution is -2.26. The quantitative estimate of drug-likeness (QED) is 0.244. The maximum absolute atomic E-state index is 13.7. The predicted octanol–water partition coefficient (Wildman–Crippen LogP) is 5.98. The van der Waals surface area contributed by atoms with Gasteiger partial charge in [0.05, 0.1) is 24.0 Å². The molecular formula is C26H23F5N6O. The summed E-state index contributed by atoms with van der Waals surface area (Å²) in [5.74, 6) is -2.07. The summed E-state index contributed by atoms with van der Waals surface area (Å²) in [6.07, 6.45) is -1.95. The van der Waals surface area contributed by atoms with E-state index in [9.17, 15) is 26.7 Å². The molecule has 4 aromatic rings. The number of alkyl halides is 3. The van der Waals surface area contributed by atoms with E-state index in [0.29, 0.717) is 16.8 Å². The highest BCUT2D eigenvalue weighted by molar-refractivity contribution is 5.96. The Balaban J connectivity index is 1.51. The maximum atomic E-state index is 13.7. The first-order chi connectivity index (χ1) is 18.1. The SMILES string of the molecule is Cc1cc(-c2cnc3c(NCCC(F)(F)F)cc(Nc4ccc(F)c(F)c4)nn23)ccc1C(=O)NC1CC1. The molecule has 2 aromatic heterocycles. The first-order valence-electron chi connectivity index (χ1n) is 11.9. The van der Waals surface area contributed by atoms with Gasteiger partial charge in [0.2, 0.25) is 0 Å². The molecule has 0 radical (unpaired) electrons. The van der Waals surface area contributed by atoms with Crippen LogP contribution in [0.3, 0.4) is 0 Å². The molecule has 2 heterocycles. The van der Waals surface area contributed by atoms with E-state index in [-0.39, 0.29) is 34.8 Å². The Morgan fingerprint density at radius 1 is 1.08 bits per heavy atom. The van der Waals surface area contributed by atoms with Gasteiger partial charge in [-0.05, 0) is 49.6 Å². The Bertz CT molecular complexity index is 1510. The van der Waals surface area contributed by atoms with Crippen molar-refractivity contribution in [2.45, 2.75) is 38.4 Å². The highest BCUT2D eigenvalue weighted by atomic mass is 19.4. The lowest BCUT2D eigenvalue weighted by Gasteiger charge is -2.14. The van der Waals surface area contributed by atoms with E-state index in [1.165, 1.54) is 22.8 Å². The van der Waals surface area contributed by atoms with E-state index in [4.69, 9.17) is 0 Å². The van der Waals surface area contributed by atoms with Gasteiger partial charge in [-0.2, -0.15) is 13.2 Å². The van der Waals surface area contributed by atoms with Crippen molar-refractivity contribution in [2.24, 2.45) is 0 Å². The zero-order valence-corrected chi connectivity index (χ0v) is 20.2. The molecule has 1 aliphatic rings. The minimum absolute atomic E-state index is 0.151. The van der Waals surface area contributed by atoms with Crippen molar-refractivity contribution in [3.05, 3.63) is 71.4 Å². The van der Waals surface area contributed by atoms with Crippen LogP contribution in [0.1, 0.15) is 35.2 Å². The number of hydrogen-bond acceptors (Lipinski definition) is 5. The van der Waals surface area contributed by atoms with Crippen LogP contribution >= 0.6 is 0 Å². The van der Waals surface area contributed by atoms with Gasteiger partial charge in [0.25, 0.3) is 5.91 Å². The molecule has 2 aromatic carbocycles. The topological polar surface area (TPSA) is 83.3 Å². The monoisotopic (exact) mass is 530 g/mol. The summed E-state index contributed by atoms with van der Waals surface area (Å²) >= 11 is 0. The van der Waals surface area contributed by atoms with Crippen molar-refractivity contribution < 1.29 is 26.7 Å². The third kappa shape index (κ3) is 5.68. The van der Waals surface area contributed by atoms with E-state index in [0.717, 1.165) is 30.5 Å². The molecule has 1 fully saturated rings. The summed E-state index contributed by atoms with van der Waals surface area (Å²) in [4.78, 5) is 16.9. The van der Waals surface area contributed by atoms with Crippen molar-refractivity contribution >= 4 is 28.7 Å². The van der Waals surface area contributed by atoms with Crippen molar-refractivity contribution in [2.75, 3.05) is 17.2 Å². The smallest absolute Gasteiger partial charge is 0.382 e. The minimum Gasteiger partial charge on any atom is -0.382 e. The van der Waals surface area contributed by atoms with Gasteiger partial charge >= 0.3 is 6.18 Å². The molecule has 1 saturated carbocycles. The third-order valence-electron chi connectivity index (χ3n) is 6.06. The van der Waals surface area contributed by atoms with E-state index < -0.39 is 30.8 Å². The fourth-order valence-electron chi connectivity index (χ4n) is 3.99. The summed E-state index contributed by atoms with van der Waals surface area (Å²) in [6, 6.07) is 10.1. The van der Waals surface area contributed by atoms with Crippen LogP contribution in [0.5, 0.6) is 0 Å². The number of benzene rings is 2. The van der Waals surface area contributed by atoms with E-state index in [2.05, 4.69) is 26.0 Å². The second-order valence-electron chi connectivity index (χ2n) is 9.15. The largest absolute Gasteiger partial charge is 0.390 e. The second kappa shape index (κ2) is 9.92. The Hall–Kier alpha value is -4.22. The van der Waals surface area contributed by atoms with Crippen LogP contribution in [0.25, 0.3) is 16.9 Å². The number of carbonyl (C=O) groups excluding carboxylic acids is 1. The number of anilines is 3. The predicted molar refractivity (Wildman–Crippen MR) is 132 cm³/mol. The zero-order valence-electron chi connectivity index (χ0n) is 20.2. The lowest BCUT2D eigenvalue weighted by molar-refractivity contribution is -0.131. The van der Waals surface area contributed by atoms with Crippen molar-refractivity contribution in [1.82, 2.24) is 19.9 Å². The number of fused-ring (bicyclic) bond motifs is 1. The maximum Gasteiger partial charge on any atom is 0.390 e. The Kier molecular flexibility index (Phi) is 6.64. The fraction of sp³-hybridized carbons (Fsp3) is 0.269. The van der Waals surface area contributed by atoms with Crippen LogP contribution in [0.2, 0.25) is 0 Å². The average molecular weight is 531 g/mol. The molecule has 5 rings (SSSR count). The summed E-state index contributed by atoms with van der Waals surface area (Å²) in [5.41, 5.74) is 3.19. The number of nitrogens with one attached hydrogen (secondary N) is 3. The van der Waals surface area contributed by atoms with Crippen LogP contribution in [-0.2, 0) is 0 Å². The molecule has 0 saturated heterocycles. The molecule has 1 aliphatic carbocycles. The molecule has 0 unspecified atom stereocenters. The normalized spacial score (nSPS) is 13.5. The van der Waals surface area contributed by atoms with E-state index in [1.54, 1.807) is 18.2 Å². The highest BCUT2D eigenvalue weighted by Gasteiger charge is 2.27. The van der Waals surface area contributed by atoms with Crippen molar-refractivity contribution in [3.8, 4) is 11.3 Å². The number of imidazole rings is 1. The number of rotatable bonds is 8. The van der Waals surface area contributed by atoms with Gasteiger partial charge in [-0.25, -0.2) is 18.3 Å². The summed E-state index contributed by atoms with van der Waals surface area (Å²) in [6.45, 7) is 1.40. The van der Waals surface area contributed by atoms with Crippen LogP contribution < -0.4 is 16.0 Å². The minimum atomic E-state index is -4.35. The Morgan fingerprint density at radius 3 is 2.55 bits per heavy atom. The van der Waals surface area contributed by atoms with Crippen LogP contribution in [-0.4, -0.2) is 39.3 Å². The summed E-state index contributed by atoms with van der Waals surface area (Å²) < 4.78 is 66.8. The number of hydrogen-bond donors (Lipinski definition) is 3. The molecule has 1 amide bonds. The first-order valence-corrected chi connectivity index (χ1v) is 11.9. The Labute approximate surface area is 214 Å². The lowest BCUT2D eigenvalue weighted by atomic mass is 10.0. The average Bonchev–Trinajstić information content (AvgIpc) is 3.55. The van der Waals surface area contributed by atoms with Gasteiger partial charge in [0.15, 0.2) is 23.1 Å². The number of carbonyl (C=O) groups is 1. The van der Waals surface area contributed by atoms with Gasteiger partial charge in [-0.1, -0.05) is 6.07 Å². The van der Waals surface area contributed by atoms with Gasteiger partial charge in [0.1, 0.15) is 0 Å². The molecule has 0 bridgehead atoms. The Morgan fingerprint density at radius 2 is 1.87 bits per heavy atom. The molecule has 0 spiro atoms. The van der Waals surface area contributed by atoms with Crippen molar-refractivity contribution in [1.29, 1.82) is 0 Å². The van der Waals surface area contributed by atoms with Crippen LogP contribution in [0, 0.1) is 18.6 Å². The molecule has 198 valence electrons. The second-order valence-corrected chi connectivity index (χ2v) is 9.15. The standard InChI is InChI=1S/C26H23F5N6O/c1-14-10-15(2-6-18(14)25(38)35-16-3-4-16)22-13-33-24-21(32-9-8-26(29,30)31)12-23(36-37(22)24)34-17-5-7-19(27)20(28)11-17/h2,5-7,10-13,16,32H,3-4,8-9H2,1H3,(H,34,36)(H,35,38). The molecule has 0 atom stereocenters. The number of aryl methyl sites for hydroxylation is 1. The number of halogens is 5. The van der Waals surface area contributed by atoms with E-state index >= 15 is 0 Å². The zero-order chi connectivity index (χ0) is 27.0. The fourth-order valence-corrected chi connectivity index (χ4v) is 3.99. The van der Waals surface area contributed by atoms with E-state index in [1.807, 2.05) is 6.92 Å². The molecule has 0 aliphatic heterocycles. The molecule has 12 heteroatoms. The van der Waals surface area contributed by atoms with Crippen molar-refractivity contribution in [3.63, 3.8) is 0 Å². The highest BCUT2D eigenvalue weighted by Crippen LogP contribution is 2.30. The van der Waals surface area contributed by atoms with Crippen LogP contribution in [0.4, 0.5) is 39.1 Å². The van der Waals surface area contributed by atoms with Gasteiger partial charge in [-0.3, -0.25) is 4.79 Å². The molecule has 7 nitrogen and oxygen atoms in total. The summed E-state index contributed by atoms with van der Waals surface area (Å²) in [7, 11) is 0. The third-order valence-corrected chi connectivity index (χ3v) is 6.06. The first kappa shape index (κ1) is 25.4. The van der Waals surface area contributed by atoms with Gasteiger partial charge < -0.3 is 16.0 Å². The number of amides is 1. The number of nitrogens with zero attached hydrogens (tertiary/aromatic N) is 3. The molecule has 38 heavy (non-hydrogen) atoms. The van der Waals surface area contributed by atoms with Gasteiger partial charge in [0, 0.05) is 41.5 Å². The van der Waals surface area contributed by atoms with Crippen LogP contribution in [0.15, 0.2) is 48.7 Å². The molecular weight excluding hydrogens is 507 g/mol. The summed E-state index contributed by atoms with van der Waals surface area (Å²) in [5, 5.41) is 13.1. The number of aromatic nitrogens is 3. The molecule has 3 N–H and O–H groups in total. The van der Waals surface area contributed by atoms with Gasteiger partial charge in [-0.15, -0.1) is 5.10 Å².